The van der Waals surface area contributed by atoms with Gasteiger partial charge in [0.05, 0.1) is 19.3 Å². The van der Waals surface area contributed by atoms with Gasteiger partial charge in [0.15, 0.2) is 0 Å². The number of piperidine rings is 1. The van der Waals surface area contributed by atoms with Crippen molar-refractivity contribution in [2.24, 2.45) is 10.4 Å². The lowest BCUT2D eigenvalue weighted by atomic mass is 9.85. The number of amides is 3. The van der Waals surface area contributed by atoms with Crippen LogP contribution in [0.2, 0.25) is 0 Å². The van der Waals surface area contributed by atoms with Crippen molar-refractivity contribution in [2.75, 3.05) is 79.2 Å². The Kier molecular flexibility index (Phi) is 10.8. The van der Waals surface area contributed by atoms with Gasteiger partial charge in [-0.1, -0.05) is 27.7 Å². The van der Waals surface area contributed by atoms with E-state index in [1.165, 1.54) is 0 Å². The lowest BCUT2D eigenvalue weighted by molar-refractivity contribution is -0.124. The van der Waals surface area contributed by atoms with Crippen molar-refractivity contribution in [2.45, 2.75) is 65.0 Å². The predicted molar refractivity (Wildman–Crippen MR) is 148 cm³/mol. The van der Waals surface area contributed by atoms with E-state index in [1.807, 2.05) is 11.9 Å². The van der Waals surface area contributed by atoms with Gasteiger partial charge in [0.1, 0.15) is 11.6 Å². The fourth-order valence-corrected chi connectivity index (χ4v) is 5.14. The number of rotatable bonds is 6. The molecule has 3 amide bonds. The summed E-state index contributed by atoms with van der Waals surface area (Å²) < 4.78 is 5.53. The fraction of sp³-hybridized carbons (Fsp3) is 0.852. The maximum atomic E-state index is 13.7. The van der Waals surface area contributed by atoms with Crippen LogP contribution in [0.3, 0.4) is 0 Å². The van der Waals surface area contributed by atoms with Crippen LogP contribution in [0.25, 0.3) is 0 Å². The van der Waals surface area contributed by atoms with Gasteiger partial charge in [-0.2, -0.15) is 5.26 Å². The van der Waals surface area contributed by atoms with Crippen LogP contribution in [-0.2, 0) is 9.53 Å². The zero-order valence-corrected chi connectivity index (χ0v) is 24.1. The Balaban J connectivity index is 1.81. The first-order valence-electron chi connectivity index (χ1n) is 14.1. The molecular formula is C27H48N8O3. The Morgan fingerprint density at radius 3 is 2.21 bits per heavy atom. The number of carbonyl (C=O) groups excluding carboxylic acids is 2. The summed E-state index contributed by atoms with van der Waals surface area (Å²) in [5.41, 5.74) is -1.08. The van der Waals surface area contributed by atoms with Crippen molar-refractivity contribution in [3.8, 4) is 6.07 Å². The molecule has 1 unspecified atom stereocenters. The molecule has 3 aliphatic rings. The quantitative estimate of drug-likeness (QED) is 0.391. The maximum Gasteiger partial charge on any atom is 0.324 e. The number of urea groups is 1. The molecule has 0 saturated carbocycles. The first kappa shape index (κ1) is 30.1. The monoisotopic (exact) mass is 532 g/mol. The van der Waals surface area contributed by atoms with Gasteiger partial charge in [0, 0.05) is 52.4 Å². The van der Waals surface area contributed by atoms with E-state index < -0.39 is 11.6 Å². The minimum absolute atomic E-state index is 0.187. The Morgan fingerprint density at radius 2 is 1.66 bits per heavy atom. The van der Waals surface area contributed by atoms with Gasteiger partial charge in [0.2, 0.25) is 11.9 Å². The highest BCUT2D eigenvalue weighted by Crippen LogP contribution is 2.26. The van der Waals surface area contributed by atoms with E-state index in [4.69, 9.17) is 9.73 Å². The van der Waals surface area contributed by atoms with Gasteiger partial charge in [-0.25, -0.2) is 9.79 Å². The molecule has 0 bridgehead atoms. The van der Waals surface area contributed by atoms with Gasteiger partial charge >= 0.3 is 6.03 Å². The summed E-state index contributed by atoms with van der Waals surface area (Å²) in [6.07, 6.45) is 2.74. The number of nitrogens with one attached hydrogen (secondary N) is 2. The molecule has 0 aromatic rings. The summed E-state index contributed by atoms with van der Waals surface area (Å²) in [6.45, 7) is 16.1. The molecule has 2 N–H and O–H groups in total. The molecule has 3 fully saturated rings. The van der Waals surface area contributed by atoms with Crippen molar-refractivity contribution in [3.63, 3.8) is 0 Å². The van der Waals surface area contributed by atoms with Gasteiger partial charge in [-0.05, 0) is 44.7 Å². The van der Waals surface area contributed by atoms with Crippen LogP contribution in [0.1, 0.15) is 53.4 Å². The van der Waals surface area contributed by atoms with Crippen molar-refractivity contribution in [3.05, 3.63) is 0 Å². The molecule has 1 atom stereocenters. The van der Waals surface area contributed by atoms with Crippen molar-refractivity contribution in [1.29, 1.82) is 5.26 Å². The van der Waals surface area contributed by atoms with E-state index in [0.717, 1.165) is 39.1 Å². The number of likely N-dealkylation sites (tertiary alicyclic amines) is 1. The van der Waals surface area contributed by atoms with Gasteiger partial charge in [-0.15, -0.1) is 0 Å². The predicted octanol–water partition coefficient (Wildman–Crippen LogP) is 1.32. The molecule has 0 spiro atoms. The first-order valence-corrected chi connectivity index (χ1v) is 14.1. The molecule has 38 heavy (non-hydrogen) atoms. The summed E-state index contributed by atoms with van der Waals surface area (Å²) in [7, 11) is 2.05. The Bertz CT molecular complexity index is 859. The number of hydrogen-bond donors (Lipinski definition) is 2. The number of likely N-dealkylation sites (N-methyl/N-ethyl adjacent to an activating group) is 1. The topological polar surface area (TPSA) is 117 Å². The third kappa shape index (κ3) is 8.82. The highest BCUT2D eigenvalue weighted by molar-refractivity contribution is 5.97. The van der Waals surface area contributed by atoms with E-state index in [9.17, 15) is 14.9 Å². The first-order chi connectivity index (χ1) is 18.0. The molecule has 0 aliphatic carbocycles. The number of guanidine groups is 1. The van der Waals surface area contributed by atoms with Crippen LogP contribution < -0.4 is 10.6 Å². The van der Waals surface area contributed by atoms with Gasteiger partial charge in [-0.3, -0.25) is 10.1 Å². The van der Waals surface area contributed by atoms with Gasteiger partial charge < -0.3 is 29.7 Å². The molecule has 214 valence electrons. The smallest absolute Gasteiger partial charge is 0.324 e. The minimum atomic E-state index is -0.894. The molecule has 0 aromatic heterocycles. The van der Waals surface area contributed by atoms with E-state index in [2.05, 4.69) is 54.2 Å². The van der Waals surface area contributed by atoms with Gasteiger partial charge in [0.25, 0.3) is 0 Å². The lowest BCUT2D eigenvalue weighted by Crippen LogP contribution is -2.58. The summed E-state index contributed by atoms with van der Waals surface area (Å²) in [4.78, 5) is 40.2. The van der Waals surface area contributed by atoms with E-state index in [-0.39, 0.29) is 17.4 Å². The molecular weight excluding hydrogens is 484 g/mol. The second-order valence-corrected chi connectivity index (χ2v) is 12.1. The van der Waals surface area contributed by atoms with Crippen molar-refractivity contribution >= 4 is 17.9 Å². The SMILES string of the molecule is CCCN1CCC(C#N)(NC(=O)C(CC(C)(C)C)N=C(NC(=O)N2CCN(C)CC2)N2CCOCC2)CC1. The normalized spacial score (nSPS) is 22.5. The third-order valence-electron chi connectivity index (χ3n) is 7.53. The number of nitrogens with zero attached hydrogens (tertiary/aromatic N) is 6. The summed E-state index contributed by atoms with van der Waals surface area (Å²) in [5.74, 6) is 0.149. The zero-order valence-electron chi connectivity index (χ0n) is 24.1. The van der Waals surface area contributed by atoms with Crippen molar-refractivity contribution < 1.29 is 14.3 Å². The Labute approximate surface area is 228 Å². The standard InChI is InChI=1S/C27H48N8O3/c1-6-9-33-10-7-27(21-28,8-11-33)31-23(36)22(20-26(2,3)4)29-24(34-16-18-38-19-17-34)30-25(37)35-14-12-32(5)13-15-35/h22H,6-20H2,1-5H3,(H,31,36)(H,29,30,37). The maximum absolute atomic E-state index is 13.7. The molecule has 0 radical (unpaired) electrons. The zero-order chi connectivity index (χ0) is 27.8. The van der Waals surface area contributed by atoms with Crippen LogP contribution in [0, 0.1) is 16.7 Å². The Hall–Kier alpha value is -2.42. The molecule has 3 aliphatic heterocycles. The largest absolute Gasteiger partial charge is 0.378 e. The number of hydrogen-bond acceptors (Lipinski definition) is 7. The third-order valence-corrected chi connectivity index (χ3v) is 7.53. The van der Waals surface area contributed by atoms with Crippen LogP contribution in [-0.4, -0.2) is 128 Å². The molecule has 0 aromatic carbocycles. The van der Waals surface area contributed by atoms with Crippen LogP contribution in [0.15, 0.2) is 4.99 Å². The molecule has 3 saturated heterocycles. The summed E-state index contributed by atoms with van der Waals surface area (Å²) in [5, 5.41) is 16.2. The second-order valence-electron chi connectivity index (χ2n) is 12.1. The average Bonchev–Trinajstić information content (AvgIpc) is 2.89. The molecule has 3 heterocycles. The second kappa shape index (κ2) is 13.6. The molecule has 11 heteroatoms. The van der Waals surface area contributed by atoms with Crippen LogP contribution >= 0.6 is 0 Å². The van der Waals surface area contributed by atoms with Crippen molar-refractivity contribution in [1.82, 2.24) is 30.2 Å². The van der Waals surface area contributed by atoms with E-state index >= 15 is 0 Å². The van der Waals surface area contributed by atoms with E-state index in [1.54, 1.807) is 4.90 Å². The number of nitriles is 1. The molecule has 11 nitrogen and oxygen atoms in total. The number of carbonyl (C=O) groups is 2. The summed E-state index contributed by atoms with van der Waals surface area (Å²) in [6, 6.07) is 1.47. The fourth-order valence-electron chi connectivity index (χ4n) is 5.14. The Morgan fingerprint density at radius 1 is 1.03 bits per heavy atom. The van der Waals surface area contributed by atoms with Crippen LogP contribution in [0.4, 0.5) is 4.79 Å². The minimum Gasteiger partial charge on any atom is -0.378 e. The van der Waals surface area contributed by atoms with E-state index in [0.29, 0.717) is 64.6 Å². The number of aliphatic imine (C=N–C) groups is 1. The highest BCUT2D eigenvalue weighted by atomic mass is 16.5. The number of piperazine rings is 1. The average molecular weight is 533 g/mol. The number of ether oxygens (including phenoxy) is 1. The number of morpholine rings is 1. The summed E-state index contributed by atoms with van der Waals surface area (Å²) >= 11 is 0. The molecule has 3 rings (SSSR count). The van der Waals surface area contributed by atoms with Crippen LogP contribution in [0.5, 0.6) is 0 Å². The highest BCUT2D eigenvalue weighted by Gasteiger charge is 2.38. The lowest BCUT2D eigenvalue weighted by Gasteiger charge is -2.38.